The first-order valence-corrected chi connectivity index (χ1v) is 12.0. The molecular weight excluding hydrogens is 446 g/mol. The first kappa shape index (κ1) is 22.4. The lowest BCUT2D eigenvalue weighted by molar-refractivity contribution is -0.120. The number of aromatic nitrogens is 3. The highest BCUT2D eigenvalue weighted by Crippen LogP contribution is 2.28. The van der Waals surface area contributed by atoms with Gasteiger partial charge >= 0.3 is 0 Å². The van der Waals surface area contributed by atoms with Crippen LogP contribution in [0.25, 0.3) is 16.9 Å². The zero-order valence-corrected chi connectivity index (χ0v) is 20.4. The van der Waals surface area contributed by atoms with Crippen LogP contribution in [0.1, 0.15) is 29.7 Å². The van der Waals surface area contributed by atoms with Gasteiger partial charge in [-0.25, -0.2) is 4.98 Å². The molecule has 1 aliphatic heterocycles. The van der Waals surface area contributed by atoms with E-state index in [9.17, 15) is 4.79 Å². The third kappa shape index (κ3) is 4.50. The zero-order valence-electron chi connectivity index (χ0n) is 19.7. The zero-order chi connectivity index (χ0) is 23.8. The maximum atomic E-state index is 12.9. The van der Waals surface area contributed by atoms with E-state index in [2.05, 4.69) is 34.3 Å². The van der Waals surface area contributed by atoms with Crippen molar-refractivity contribution in [2.75, 3.05) is 23.3 Å². The Kier molecular flexibility index (Phi) is 6.00. The highest BCUT2D eigenvalue weighted by atomic mass is 35.5. The van der Waals surface area contributed by atoms with E-state index in [1.54, 1.807) is 0 Å². The predicted molar refractivity (Wildman–Crippen MR) is 138 cm³/mol. The Morgan fingerprint density at radius 3 is 2.44 bits per heavy atom. The highest BCUT2D eigenvalue weighted by Gasteiger charge is 2.27. The monoisotopic (exact) mass is 473 g/mol. The topological polar surface area (TPSA) is 62.5 Å². The van der Waals surface area contributed by atoms with Crippen LogP contribution in [-0.2, 0) is 4.79 Å². The van der Waals surface area contributed by atoms with Gasteiger partial charge in [-0.3, -0.25) is 4.79 Å². The SMILES string of the molecule is Cc1ccc(NC(=O)C2CCN(c3cc(C)nc4cc(-c5ccc(Cl)cc5)nn34)CC2)c(C)c1. The number of aryl methyl sites for hydroxylation is 3. The van der Waals surface area contributed by atoms with Crippen LogP contribution in [0.2, 0.25) is 5.02 Å². The Bertz CT molecular complexity index is 1350. The van der Waals surface area contributed by atoms with Gasteiger partial charge in [0, 0.05) is 53.1 Å². The largest absolute Gasteiger partial charge is 0.356 e. The molecule has 1 fully saturated rings. The van der Waals surface area contributed by atoms with Crippen molar-refractivity contribution in [3.8, 4) is 11.3 Å². The van der Waals surface area contributed by atoms with Crippen LogP contribution in [0.3, 0.4) is 0 Å². The molecule has 2 aromatic carbocycles. The molecule has 2 aromatic heterocycles. The molecule has 1 aliphatic rings. The molecule has 1 N–H and O–H groups in total. The van der Waals surface area contributed by atoms with Crippen LogP contribution >= 0.6 is 11.6 Å². The molecule has 0 bridgehead atoms. The van der Waals surface area contributed by atoms with Gasteiger partial charge in [-0.1, -0.05) is 41.4 Å². The van der Waals surface area contributed by atoms with E-state index in [0.717, 1.165) is 65.6 Å². The maximum absolute atomic E-state index is 12.9. The van der Waals surface area contributed by atoms with Crippen molar-refractivity contribution >= 4 is 34.7 Å². The summed E-state index contributed by atoms with van der Waals surface area (Å²) in [6.45, 7) is 7.68. The van der Waals surface area contributed by atoms with Crippen molar-refractivity contribution in [3.63, 3.8) is 0 Å². The summed E-state index contributed by atoms with van der Waals surface area (Å²) in [6, 6.07) is 17.9. The molecule has 0 atom stereocenters. The smallest absolute Gasteiger partial charge is 0.227 e. The molecule has 174 valence electrons. The number of nitrogens with zero attached hydrogens (tertiary/aromatic N) is 4. The average molecular weight is 474 g/mol. The van der Waals surface area contributed by atoms with Crippen molar-refractivity contribution in [1.82, 2.24) is 14.6 Å². The number of hydrogen-bond acceptors (Lipinski definition) is 4. The Morgan fingerprint density at radius 1 is 1.00 bits per heavy atom. The van der Waals surface area contributed by atoms with Gasteiger partial charge in [0.2, 0.25) is 5.91 Å². The van der Waals surface area contributed by atoms with E-state index in [-0.39, 0.29) is 11.8 Å². The van der Waals surface area contributed by atoms with Crippen LogP contribution in [0.5, 0.6) is 0 Å². The lowest BCUT2D eigenvalue weighted by Gasteiger charge is -2.33. The summed E-state index contributed by atoms with van der Waals surface area (Å²) in [6.07, 6.45) is 1.59. The van der Waals surface area contributed by atoms with Crippen molar-refractivity contribution in [1.29, 1.82) is 0 Å². The van der Waals surface area contributed by atoms with E-state index >= 15 is 0 Å². The molecule has 1 saturated heterocycles. The third-order valence-electron chi connectivity index (χ3n) is 6.51. The molecule has 7 heteroatoms. The Balaban J connectivity index is 1.33. The summed E-state index contributed by atoms with van der Waals surface area (Å²) in [5.41, 5.74) is 6.81. The van der Waals surface area contributed by atoms with Gasteiger partial charge in [-0.15, -0.1) is 0 Å². The van der Waals surface area contributed by atoms with Gasteiger partial charge in [0.05, 0.1) is 5.69 Å². The molecule has 6 nitrogen and oxygen atoms in total. The molecule has 0 saturated carbocycles. The highest BCUT2D eigenvalue weighted by molar-refractivity contribution is 6.30. The lowest BCUT2D eigenvalue weighted by atomic mass is 9.95. The summed E-state index contributed by atoms with van der Waals surface area (Å²) >= 11 is 6.05. The van der Waals surface area contributed by atoms with E-state index < -0.39 is 0 Å². The van der Waals surface area contributed by atoms with Crippen molar-refractivity contribution in [2.45, 2.75) is 33.6 Å². The number of nitrogens with one attached hydrogen (secondary N) is 1. The molecule has 0 aliphatic carbocycles. The molecule has 1 amide bonds. The number of amides is 1. The van der Waals surface area contributed by atoms with Gasteiger partial charge in [-0.2, -0.15) is 9.61 Å². The fourth-order valence-electron chi connectivity index (χ4n) is 4.63. The first-order valence-electron chi connectivity index (χ1n) is 11.6. The van der Waals surface area contributed by atoms with Gasteiger partial charge in [0.15, 0.2) is 5.65 Å². The second-order valence-electron chi connectivity index (χ2n) is 9.13. The van der Waals surface area contributed by atoms with E-state index in [4.69, 9.17) is 16.7 Å². The van der Waals surface area contributed by atoms with E-state index in [1.807, 2.05) is 60.8 Å². The molecule has 5 rings (SSSR count). The normalized spacial score (nSPS) is 14.5. The first-order chi connectivity index (χ1) is 16.4. The number of halogens is 1. The predicted octanol–water partition coefficient (Wildman–Crippen LogP) is 5.83. The average Bonchev–Trinajstić information content (AvgIpc) is 3.25. The number of anilines is 2. The number of hydrogen-bond donors (Lipinski definition) is 1. The van der Waals surface area contributed by atoms with Crippen LogP contribution < -0.4 is 10.2 Å². The molecular formula is C27H28ClN5O. The number of benzene rings is 2. The fourth-order valence-corrected chi connectivity index (χ4v) is 4.75. The number of carbonyl (C=O) groups excluding carboxylic acids is 1. The summed E-state index contributed by atoms with van der Waals surface area (Å²) < 4.78 is 1.91. The summed E-state index contributed by atoms with van der Waals surface area (Å²) in [4.78, 5) is 19.9. The summed E-state index contributed by atoms with van der Waals surface area (Å²) in [5, 5.41) is 8.68. The number of piperidine rings is 1. The molecule has 34 heavy (non-hydrogen) atoms. The molecule has 4 aromatic rings. The van der Waals surface area contributed by atoms with Gasteiger partial charge < -0.3 is 10.2 Å². The lowest BCUT2D eigenvalue weighted by Crippen LogP contribution is -2.39. The van der Waals surface area contributed by atoms with Gasteiger partial charge in [0.1, 0.15) is 5.82 Å². The van der Waals surface area contributed by atoms with E-state index in [0.29, 0.717) is 5.02 Å². The minimum Gasteiger partial charge on any atom is -0.356 e. The number of rotatable bonds is 4. The number of carbonyl (C=O) groups is 1. The van der Waals surface area contributed by atoms with Crippen molar-refractivity contribution < 1.29 is 4.79 Å². The minimum atomic E-state index is -0.00220. The van der Waals surface area contributed by atoms with E-state index in [1.165, 1.54) is 5.56 Å². The quantitative estimate of drug-likeness (QED) is 0.405. The van der Waals surface area contributed by atoms with Crippen LogP contribution in [-0.4, -0.2) is 33.6 Å². The Labute approximate surface area is 204 Å². The molecule has 0 unspecified atom stereocenters. The van der Waals surface area contributed by atoms with Crippen LogP contribution in [0, 0.1) is 26.7 Å². The second kappa shape index (κ2) is 9.11. The molecule has 3 heterocycles. The number of fused-ring (bicyclic) bond motifs is 1. The van der Waals surface area contributed by atoms with Gasteiger partial charge in [0.25, 0.3) is 0 Å². The van der Waals surface area contributed by atoms with Crippen LogP contribution in [0.15, 0.2) is 54.6 Å². The van der Waals surface area contributed by atoms with Crippen molar-refractivity contribution in [3.05, 3.63) is 76.4 Å². The Hall–Kier alpha value is -3.38. The summed E-state index contributed by atoms with van der Waals surface area (Å²) in [5.74, 6) is 1.11. The fraction of sp³-hybridized carbons (Fsp3) is 0.296. The minimum absolute atomic E-state index is 0.00220. The third-order valence-corrected chi connectivity index (χ3v) is 6.76. The molecule has 0 radical (unpaired) electrons. The molecule has 0 spiro atoms. The standard InChI is InChI=1S/C27H28ClN5O/c1-17-4-9-23(18(2)14-17)30-27(34)21-10-12-32(13-11-21)26-15-19(3)29-25-16-24(31-33(25)26)20-5-7-22(28)8-6-20/h4-9,14-16,21H,10-13H2,1-3H3,(H,30,34). The van der Waals surface area contributed by atoms with Crippen LogP contribution in [0.4, 0.5) is 11.5 Å². The second-order valence-corrected chi connectivity index (χ2v) is 9.57. The Morgan fingerprint density at radius 2 is 1.74 bits per heavy atom. The summed E-state index contributed by atoms with van der Waals surface area (Å²) in [7, 11) is 0. The van der Waals surface area contributed by atoms with Crippen molar-refractivity contribution in [2.24, 2.45) is 5.92 Å². The maximum Gasteiger partial charge on any atom is 0.227 e. The van der Waals surface area contributed by atoms with Gasteiger partial charge in [-0.05, 0) is 57.4 Å².